The number of aryl methyl sites for hydroxylation is 1. The Morgan fingerprint density at radius 3 is 2.79 bits per heavy atom. The van der Waals surface area contributed by atoms with E-state index >= 15 is 0 Å². The van der Waals surface area contributed by atoms with E-state index in [-0.39, 0.29) is 5.60 Å². The Hall–Kier alpha value is -1.92. The van der Waals surface area contributed by atoms with Crippen LogP contribution in [0.4, 0.5) is 0 Å². The van der Waals surface area contributed by atoms with Gasteiger partial charge in [0.05, 0.1) is 12.1 Å². The lowest BCUT2D eigenvalue weighted by atomic mass is 9.81. The lowest BCUT2D eigenvalue weighted by Crippen LogP contribution is -2.42. The van der Waals surface area contributed by atoms with Crippen LogP contribution in [0, 0.1) is 18.3 Å². The number of hydrogen-bond acceptors (Lipinski definition) is 3. The minimum Gasteiger partial charge on any atom is -0.507 e. The van der Waals surface area contributed by atoms with Crippen LogP contribution in [0.25, 0.3) is 5.57 Å². The summed E-state index contributed by atoms with van der Waals surface area (Å²) >= 11 is 0. The van der Waals surface area contributed by atoms with E-state index in [9.17, 15) is 5.11 Å². The molecular formula is C26H37NO2. The van der Waals surface area contributed by atoms with Gasteiger partial charge in [-0.1, -0.05) is 45.5 Å². The predicted molar refractivity (Wildman–Crippen MR) is 121 cm³/mol. The molecule has 2 aliphatic heterocycles. The predicted octanol–water partition coefficient (Wildman–Crippen LogP) is 5.80. The van der Waals surface area contributed by atoms with Crippen LogP contribution in [-0.2, 0) is 6.42 Å². The van der Waals surface area contributed by atoms with E-state index in [4.69, 9.17) is 11.2 Å². The Kier molecular flexibility index (Phi) is 6.96. The average molecular weight is 396 g/mol. The van der Waals surface area contributed by atoms with Crippen molar-refractivity contribution in [1.29, 1.82) is 0 Å². The van der Waals surface area contributed by atoms with Crippen molar-refractivity contribution in [2.45, 2.75) is 78.2 Å². The lowest BCUT2D eigenvalue weighted by molar-refractivity contribution is 0.131. The van der Waals surface area contributed by atoms with Crippen LogP contribution in [0.15, 0.2) is 17.7 Å². The first-order valence-electron chi connectivity index (χ1n) is 11.3. The van der Waals surface area contributed by atoms with Gasteiger partial charge in [0.2, 0.25) is 0 Å². The van der Waals surface area contributed by atoms with E-state index in [0.29, 0.717) is 18.2 Å². The minimum atomic E-state index is -0.344. The number of rotatable bonds is 8. The van der Waals surface area contributed by atoms with Crippen LogP contribution >= 0.6 is 0 Å². The summed E-state index contributed by atoms with van der Waals surface area (Å²) in [4.78, 5) is 2.27. The molecule has 1 N–H and O–H groups in total. The van der Waals surface area contributed by atoms with Gasteiger partial charge in [0, 0.05) is 13.1 Å². The van der Waals surface area contributed by atoms with Crippen molar-refractivity contribution in [3.05, 3.63) is 28.8 Å². The summed E-state index contributed by atoms with van der Waals surface area (Å²) in [5, 5.41) is 10.9. The number of ether oxygens (including phenoxy) is 1. The fourth-order valence-corrected chi connectivity index (χ4v) is 4.80. The second-order valence-corrected chi connectivity index (χ2v) is 9.36. The smallest absolute Gasteiger partial charge is 0.132 e. The minimum absolute atomic E-state index is 0.344. The van der Waals surface area contributed by atoms with Crippen LogP contribution < -0.4 is 4.74 Å². The molecule has 0 bridgehead atoms. The van der Waals surface area contributed by atoms with Crippen molar-refractivity contribution in [3.63, 3.8) is 0 Å². The lowest BCUT2D eigenvalue weighted by Gasteiger charge is -2.42. The molecule has 0 aromatic heterocycles. The maximum absolute atomic E-state index is 10.9. The topological polar surface area (TPSA) is 32.7 Å². The van der Waals surface area contributed by atoms with Crippen molar-refractivity contribution >= 4 is 5.57 Å². The first kappa shape index (κ1) is 21.8. The number of terminal acetylenes is 1. The maximum atomic E-state index is 10.9. The number of benzene rings is 1. The van der Waals surface area contributed by atoms with E-state index in [1.54, 1.807) is 0 Å². The third-order valence-corrected chi connectivity index (χ3v) is 6.50. The van der Waals surface area contributed by atoms with Crippen molar-refractivity contribution < 1.29 is 9.84 Å². The molecular weight excluding hydrogens is 358 g/mol. The summed E-state index contributed by atoms with van der Waals surface area (Å²) in [5.41, 5.74) is 4.20. The van der Waals surface area contributed by atoms with E-state index < -0.39 is 0 Å². The molecule has 0 amide bonds. The number of aromatic hydroxyl groups is 1. The van der Waals surface area contributed by atoms with Crippen molar-refractivity contribution in [1.82, 2.24) is 4.90 Å². The average Bonchev–Trinajstić information content (AvgIpc) is 2.66. The highest BCUT2D eigenvalue weighted by atomic mass is 16.5. The zero-order valence-corrected chi connectivity index (χ0v) is 18.7. The zero-order valence-electron chi connectivity index (χ0n) is 18.7. The van der Waals surface area contributed by atoms with Crippen LogP contribution in [0.1, 0.15) is 77.3 Å². The monoisotopic (exact) mass is 395 g/mol. The summed E-state index contributed by atoms with van der Waals surface area (Å²) in [5.74, 6) is 4.64. The molecule has 0 saturated carbocycles. The summed E-state index contributed by atoms with van der Waals surface area (Å²) in [6.07, 6.45) is 13.8. The standard InChI is InChI=1S/C26H37NO2/c1-6-8-9-10-19(3)11-12-20-16-23(28)25-21-18-27(14-7-2)15-13-22(21)26(4,5)29-24(25)17-20/h2,16-17,19,28H,6,8-15,18H2,1,3-5H3. The molecule has 3 heteroatoms. The molecule has 1 atom stereocenters. The third-order valence-electron chi connectivity index (χ3n) is 6.50. The quantitative estimate of drug-likeness (QED) is 0.446. The Morgan fingerprint density at radius 1 is 1.28 bits per heavy atom. The van der Waals surface area contributed by atoms with Crippen LogP contribution in [0.5, 0.6) is 11.5 Å². The van der Waals surface area contributed by atoms with Gasteiger partial charge in [-0.25, -0.2) is 0 Å². The molecule has 1 unspecified atom stereocenters. The summed E-state index contributed by atoms with van der Waals surface area (Å²) < 4.78 is 6.42. The van der Waals surface area contributed by atoms with Crippen LogP contribution in [0.2, 0.25) is 0 Å². The Balaban J connectivity index is 1.81. The molecule has 0 saturated heterocycles. The van der Waals surface area contributed by atoms with Gasteiger partial charge in [-0.15, -0.1) is 6.42 Å². The highest BCUT2D eigenvalue weighted by Crippen LogP contribution is 2.48. The number of nitrogens with zero attached hydrogens (tertiary/aromatic N) is 1. The van der Waals surface area contributed by atoms with Crippen LogP contribution in [-0.4, -0.2) is 35.2 Å². The Labute approximate surface area is 177 Å². The van der Waals surface area contributed by atoms with Gasteiger partial charge >= 0.3 is 0 Å². The number of hydrogen-bond donors (Lipinski definition) is 1. The molecule has 1 aromatic carbocycles. The molecule has 2 heterocycles. The molecule has 0 spiro atoms. The van der Waals surface area contributed by atoms with E-state index in [2.05, 4.69) is 44.6 Å². The molecule has 2 aliphatic rings. The molecule has 158 valence electrons. The number of unbranched alkanes of at least 4 members (excludes halogenated alkanes) is 2. The van der Waals surface area contributed by atoms with Crippen molar-refractivity contribution in [2.75, 3.05) is 19.6 Å². The second-order valence-electron chi connectivity index (χ2n) is 9.36. The third kappa shape index (κ3) is 4.98. The van der Waals surface area contributed by atoms with Crippen molar-refractivity contribution in [2.24, 2.45) is 5.92 Å². The molecule has 3 nitrogen and oxygen atoms in total. The molecule has 3 rings (SSSR count). The first-order chi connectivity index (χ1) is 13.9. The van der Waals surface area contributed by atoms with Gasteiger partial charge in [-0.05, 0) is 67.9 Å². The first-order valence-corrected chi connectivity index (χ1v) is 11.3. The van der Waals surface area contributed by atoms with E-state index in [1.807, 2.05) is 6.07 Å². The van der Waals surface area contributed by atoms with Gasteiger partial charge in [-0.2, -0.15) is 0 Å². The number of fused-ring (bicyclic) bond motifs is 2. The fraction of sp³-hybridized carbons (Fsp3) is 0.615. The van der Waals surface area contributed by atoms with Crippen molar-refractivity contribution in [3.8, 4) is 23.8 Å². The summed E-state index contributed by atoms with van der Waals surface area (Å²) in [7, 11) is 0. The fourth-order valence-electron chi connectivity index (χ4n) is 4.80. The molecule has 0 aliphatic carbocycles. The zero-order chi connectivity index (χ0) is 21.0. The normalized spacial score (nSPS) is 19.1. The van der Waals surface area contributed by atoms with Gasteiger partial charge in [0.15, 0.2) is 0 Å². The summed E-state index contributed by atoms with van der Waals surface area (Å²) in [6, 6.07) is 4.10. The second kappa shape index (κ2) is 9.26. The van der Waals surface area contributed by atoms with Gasteiger partial charge in [0.25, 0.3) is 0 Å². The molecule has 29 heavy (non-hydrogen) atoms. The maximum Gasteiger partial charge on any atom is 0.132 e. The van der Waals surface area contributed by atoms with E-state index in [1.165, 1.54) is 42.4 Å². The largest absolute Gasteiger partial charge is 0.507 e. The number of phenolic OH excluding ortho intramolecular Hbond substituents is 1. The molecule has 0 fully saturated rings. The SMILES string of the molecule is C#CCN1CCC2=C(C1)c1c(O)cc(CCC(C)CCCCC)cc1OC2(C)C. The molecule has 0 radical (unpaired) electrons. The van der Waals surface area contributed by atoms with Crippen LogP contribution in [0.3, 0.4) is 0 Å². The molecule has 1 aromatic rings. The van der Waals surface area contributed by atoms with Gasteiger partial charge < -0.3 is 9.84 Å². The van der Waals surface area contributed by atoms with E-state index in [0.717, 1.165) is 43.7 Å². The summed E-state index contributed by atoms with van der Waals surface area (Å²) in [6.45, 7) is 11.2. The Morgan fingerprint density at radius 2 is 2.07 bits per heavy atom. The highest BCUT2D eigenvalue weighted by Gasteiger charge is 2.38. The highest BCUT2D eigenvalue weighted by molar-refractivity contribution is 5.82. The van der Waals surface area contributed by atoms with Gasteiger partial charge in [-0.3, -0.25) is 4.90 Å². The Bertz CT molecular complexity index is 800. The van der Waals surface area contributed by atoms with Gasteiger partial charge in [0.1, 0.15) is 17.1 Å². The number of phenols is 1.